The van der Waals surface area contributed by atoms with E-state index in [1.54, 1.807) is 0 Å². The Bertz CT molecular complexity index is 206. The SMILES string of the molecule is C=CC(C=O)C(CCCCCCCC)OC=O. The number of rotatable bonds is 12. The molecule has 0 radical (unpaired) electrons. The molecular weight excluding hydrogens is 216 g/mol. The molecule has 2 atom stereocenters. The number of hydrogen-bond donors (Lipinski definition) is 0. The maximum Gasteiger partial charge on any atom is 0.293 e. The molecule has 0 aromatic rings. The molecule has 98 valence electrons. The van der Waals surface area contributed by atoms with Crippen molar-refractivity contribution >= 4 is 12.8 Å². The van der Waals surface area contributed by atoms with Crippen LogP contribution >= 0.6 is 0 Å². The number of unbranched alkanes of at least 4 members (excludes halogenated alkanes) is 5. The Balaban J connectivity index is 3.80. The van der Waals surface area contributed by atoms with Gasteiger partial charge in [-0.25, -0.2) is 0 Å². The summed E-state index contributed by atoms with van der Waals surface area (Å²) in [4.78, 5) is 21.1. The van der Waals surface area contributed by atoms with Crippen molar-refractivity contribution in [3.63, 3.8) is 0 Å². The van der Waals surface area contributed by atoms with Gasteiger partial charge in [-0.15, -0.1) is 6.58 Å². The van der Waals surface area contributed by atoms with Crippen LogP contribution in [0.5, 0.6) is 0 Å². The summed E-state index contributed by atoms with van der Waals surface area (Å²) in [5, 5.41) is 0. The standard InChI is InChI=1S/C14H24O3/c1-3-5-6-7-8-9-10-14(17-12-16)13(4-2)11-15/h4,11-14H,2-3,5-10H2,1H3. The molecule has 0 aromatic heterocycles. The molecule has 0 saturated heterocycles. The summed E-state index contributed by atoms with van der Waals surface area (Å²) >= 11 is 0. The van der Waals surface area contributed by atoms with Gasteiger partial charge < -0.3 is 9.53 Å². The second-order valence-electron chi connectivity index (χ2n) is 4.28. The molecule has 0 aliphatic heterocycles. The number of carbonyl (C=O) groups is 2. The highest BCUT2D eigenvalue weighted by Crippen LogP contribution is 2.15. The van der Waals surface area contributed by atoms with Crippen LogP contribution in [0.1, 0.15) is 51.9 Å². The second kappa shape index (κ2) is 11.4. The van der Waals surface area contributed by atoms with Gasteiger partial charge in [0.25, 0.3) is 6.47 Å². The van der Waals surface area contributed by atoms with E-state index in [1.165, 1.54) is 31.8 Å². The van der Waals surface area contributed by atoms with Crippen molar-refractivity contribution in [2.45, 2.75) is 58.0 Å². The fourth-order valence-corrected chi connectivity index (χ4v) is 1.84. The fraction of sp³-hybridized carbons (Fsp3) is 0.714. The predicted octanol–water partition coefficient (Wildman–Crippen LogP) is 3.28. The molecular formula is C14H24O3. The zero-order valence-electron chi connectivity index (χ0n) is 10.8. The Morgan fingerprint density at radius 1 is 1.12 bits per heavy atom. The van der Waals surface area contributed by atoms with E-state index in [0.29, 0.717) is 6.47 Å². The van der Waals surface area contributed by atoms with Crippen LogP contribution in [0.2, 0.25) is 0 Å². The van der Waals surface area contributed by atoms with Gasteiger partial charge in [0.2, 0.25) is 0 Å². The van der Waals surface area contributed by atoms with Crippen LogP contribution in [0.4, 0.5) is 0 Å². The molecule has 0 aliphatic carbocycles. The van der Waals surface area contributed by atoms with Crippen LogP contribution in [-0.2, 0) is 14.3 Å². The number of aldehydes is 1. The van der Waals surface area contributed by atoms with E-state index in [1.807, 2.05) is 0 Å². The molecule has 0 aliphatic rings. The fourth-order valence-electron chi connectivity index (χ4n) is 1.84. The first-order valence-electron chi connectivity index (χ1n) is 6.47. The van der Waals surface area contributed by atoms with Crippen LogP contribution in [0, 0.1) is 5.92 Å². The lowest BCUT2D eigenvalue weighted by molar-refractivity contribution is -0.136. The molecule has 0 bridgehead atoms. The minimum atomic E-state index is -0.379. The highest BCUT2D eigenvalue weighted by molar-refractivity contribution is 5.58. The maximum absolute atomic E-state index is 10.8. The van der Waals surface area contributed by atoms with Crippen molar-refractivity contribution in [2.24, 2.45) is 5.92 Å². The molecule has 2 unspecified atom stereocenters. The van der Waals surface area contributed by atoms with Gasteiger partial charge in [0.15, 0.2) is 0 Å². The summed E-state index contributed by atoms with van der Waals surface area (Å²) in [6, 6.07) is 0. The highest BCUT2D eigenvalue weighted by Gasteiger charge is 2.18. The molecule has 3 nitrogen and oxygen atoms in total. The number of carbonyl (C=O) groups excluding carboxylic acids is 2. The first-order chi connectivity index (χ1) is 8.29. The van der Waals surface area contributed by atoms with Gasteiger partial charge in [0.1, 0.15) is 12.4 Å². The third-order valence-corrected chi connectivity index (χ3v) is 2.93. The van der Waals surface area contributed by atoms with Gasteiger partial charge in [-0.1, -0.05) is 45.1 Å². The Labute approximate surface area is 104 Å². The molecule has 0 rings (SSSR count). The van der Waals surface area contributed by atoms with Gasteiger partial charge in [-0.3, -0.25) is 4.79 Å². The van der Waals surface area contributed by atoms with E-state index < -0.39 is 0 Å². The molecule has 0 N–H and O–H groups in total. The molecule has 0 heterocycles. The molecule has 0 fully saturated rings. The summed E-state index contributed by atoms with van der Waals surface area (Å²) in [6.07, 6.45) is 9.82. The minimum absolute atomic E-state index is 0.339. The molecule has 17 heavy (non-hydrogen) atoms. The van der Waals surface area contributed by atoms with Crippen LogP contribution in [0.15, 0.2) is 12.7 Å². The Morgan fingerprint density at radius 2 is 1.76 bits per heavy atom. The van der Waals surface area contributed by atoms with Gasteiger partial charge in [0, 0.05) is 0 Å². The molecule has 0 aromatic carbocycles. The van der Waals surface area contributed by atoms with E-state index in [2.05, 4.69) is 13.5 Å². The maximum atomic E-state index is 10.8. The smallest absolute Gasteiger partial charge is 0.293 e. The third-order valence-electron chi connectivity index (χ3n) is 2.93. The quantitative estimate of drug-likeness (QED) is 0.299. The monoisotopic (exact) mass is 240 g/mol. The van der Waals surface area contributed by atoms with Gasteiger partial charge in [0.05, 0.1) is 5.92 Å². The first kappa shape index (κ1) is 15.9. The Morgan fingerprint density at radius 3 is 2.29 bits per heavy atom. The normalized spacial score (nSPS) is 13.7. The number of hydrogen-bond acceptors (Lipinski definition) is 3. The summed E-state index contributed by atoms with van der Waals surface area (Å²) in [5.74, 6) is -0.379. The van der Waals surface area contributed by atoms with Crippen LogP contribution < -0.4 is 0 Å². The minimum Gasteiger partial charge on any atom is -0.463 e. The lowest BCUT2D eigenvalue weighted by Gasteiger charge is -2.18. The molecule has 0 amide bonds. The van der Waals surface area contributed by atoms with E-state index in [9.17, 15) is 9.59 Å². The zero-order valence-corrected chi connectivity index (χ0v) is 10.8. The van der Waals surface area contributed by atoms with Crippen LogP contribution in [0.25, 0.3) is 0 Å². The third kappa shape index (κ3) is 7.72. The van der Waals surface area contributed by atoms with Crippen molar-refractivity contribution in [1.29, 1.82) is 0 Å². The summed E-state index contributed by atoms with van der Waals surface area (Å²) < 4.78 is 4.93. The Hall–Kier alpha value is -1.12. The first-order valence-corrected chi connectivity index (χ1v) is 6.47. The summed E-state index contributed by atoms with van der Waals surface area (Å²) in [5.41, 5.74) is 0. The predicted molar refractivity (Wildman–Crippen MR) is 68.7 cm³/mol. The summed E-state index contributed by atoms with van der Waals surface area (Å²) in [7, 11) is 0. The van der Waals surface area contributed by atoms with E-state index >= 15 is 0 Å². The van der Waals surface area contributed by atoms with Gasteiger partial charge in [-0.05, 0) is 12.8 Å². The van der Waals surface area contributed by atoms with Crippen LogP contribution in [0.3, 0.4) is 0 Å². The highest BCUT2D eigenvalue weighted by atomic mass is 16.5. The second-order valence-corrected chi connectivity index (χ2v) is 4.28. The lowest BCUT2D eigenvalue weighted by Crippen LogP contribution is -2.23. The largest absolute Gasteiger partial charge is 0.463 e. The molecule has 0 spiro atoms. The average Bonchev–Trinajstić information content (AvgIpc) is 2.35. The summed E-state index contributed by atoms with van der Waals surface area (Å²) in [6.45, 7) is 6.18. The topological polar surface area (TPSA) is 43.4 Å². The number of ether oxygens (including phenoxy) is 1. The van der Waals surface area contributed by atoms with E-state index in [-0.39, 0.29) is 12.0 Å². The van der Waals surface area contributed by atoms with Crippen molar-refractivity contribution in [1.82, 2.24) is 0 Å². The van der Waals surface area contributed by atoms with Crippen molar-refractivity contribution in [3.05, 3.63) is 12.7 Å². The van der Waals surface area contributed by atoms with Crippen LogP contribution in [-0.4, -0.2) is 18.9 Å². The van der Waals surface area contributed by atoms with Crippen molar-refractivity contribution in [2.75, 3.05) is 0 Å². The average molecular weight is 240 g/mol. The van der Waals surface area contributed by atoms with Crippen molar-refractivity contribution in [3.8, 4) is 0 Å². The molecule has 3 heteroatoms. The van der Waals surface area contributed by atoms with Crippen molar-refractivity contribution < 1.29 is 14.3 Å². The lowest BCUT2D eigenvalue weighted by atomic mass is 9.98. The van der Waals surface area contributed by atoms with Gasteiger partial charge in [-0.2, -0.15) is 0 Å². The van der Waals surface area contributed by atoms with E-state index in [4.69, 9.17) is 4.74 Å². The van der Waals surface area contributed by atoms with Gasteiger partial charge >= 0.3 is 0 Å². The molecule has 0 saturated carbocycles. The zero-order chi connectivity index (χ0) is 12.9. The van der Waals surface area contributed by atoms with E-state index in [0.717, 1.165) is 25.5 Å². The Kier molecular flexibility index (Phi) is 10.6.